The van der Waals surface area contributed by atoms with Crippen LogP contribution in [0.5, 0.6) is 0 Å². The van der Waals surface area contributed by atoms with Crippen molar-refractivity contribution < 1.29 is 4.39 Å². The van der Waals surface area contributed by atoms with E-state index < -0.39 is 5.82 Å². The van der Waals surface area contributed by atoms with Crippen LogP contribution in [0, 0.1) is 5.82 Å². The summed E-state index contributed by atoms with van der Waals surface area (Å²) in [6.45, 7) is 0. The minimum Gasteiger partial charge on any atom is -0.241 e. The standard InChI is InChI=1S/C10H6Cl2FN3/c11-7-3-14-9(15-4-7)2-6-1-8(13)5-16-10(6)12/h1,3-5H,2H2. The molecule has 0 aromatic carbocycles. The van der Waals surface area contributed by atoms with Crippen LogP contribution in [0.4, 0.5) is 4.39 Å². The van der Waals surface area contributed by atoms with Crippen LogP contribution in [0.2, 0.25) is 10.2 Å². The van der Waals surface area contributed by atoms with Gasteiger partial charge in [-0.1, -0.05) is 23.2 Å². The maximum Gasteiger partial charge on any atom is 0.141 e. The van der Waals surface area contributed by atoms with Gasteiger partial charge in [-0.3, -0.25) is 0 Å². The molecule has 0 atom stereocenters. The van der Waals surface area contributed by atoms with Crippen molar-refractivity contribution in [3.05, 3.63) is 52.0 Å². The molecule has 82 valence electrons. The molecule has 0 saturated carbocycles. The molecule has 2 heterocycles. The van der Waals surface area contributed by atoms with E-state index in [0.29, 0.717) is 22.8 Å². The van der Waals surface area contributed by atoms with Crippen molar-refractivity contribution in [1.82, 2.24) is 15.0 Å². The molecule has 0 spiro atoms. The first-order chi connectivity index (χ1) is 7.65. The molecular formula is C10H6Cl2FN3. The predicted octanol–water partition coefficient (Wildman–Crippen LogP) is 2.91. The molecule has 0 aliphatic rings. The Hall–Kier alpha value is -1.26. The second-order valence-electron chi connectivity index (χ2n) is 3.10. The van der Waals surface area contributed by atoms with E-state index in [0.717, 1.165) is 6.20 Å². The Labute approximate surface area is 101 Å². The number of pyridine rings is 1. The SMILES string of the molecule is Fc1cnc(Cl)c(Cc2ncc(Cl)cn2)c1. The Bertz CT molecular complexity index is 502. The zero-order valence-electron chi connectivity index (χ0n) is 7.99. The zero-order chi connectivity index (χ0) is 11.5. The Morgan fingerprint density at radius 2 is 1.75 bits per heavy atom. The van der Waals surface area contributed by atoms with Gasteiger partial charge >= 0.3 is 0 Å². The lowest BCUT2D eigenvalue weighted by atomic mass is 10.2. The van der Waals surface area contributed by atoms with Crippen LogP contribution in [0.25, 0.3) is 0 Å². The molecule has 2 aromatic rings. The van der Waals surface area contributed by atoms with Gasteiger partial charge in [0.05, 0.1) is 11.2 Å². The van der Waals surface area contributed by atoms with Crippen molar-refractivity contribution in [2.75, 3.05) is 0 Å². The van der Waals surface area contributed by atoms with Gasteiger partial charge in [0.1, 0.15) is 16.8 Å². The van der Waals surface area contributed by atoms with Gasteiger partial charge in [0.15, 0.2) is 0 Å². The number of nitrogens with zero attached hydrogens (tertiary/aromatic N) is 3. The maximum absolute atomic E-state index is 12.9. The summed E-state index contributed by atoms with van der Waals surface area (Å²) in [6.07, 6.45) is 4.34. The summed E-state index contributed by atoms with van der Waals surface area (Å²) in [6, 6.07) is 1.31. The van der Waals surface area contributed by atoms with Gasteiger partial charge in [0, 0.05) is 18.8 Å². The number of rotatable bonds is 2. The minimum absolute atomic E-state index is 0.250. The second-order valence-corrected chi connectivity index (χ2v) is 3.89. The molecule has 0 radical (unpaired) electrons. The van der Waals surface area contributed by atoms with Crippen molar-refractivity contribution in [1.29, 1.82) is 0 Å². The van der Waals surface area contributed by atoms with Crippen LogP contribution >= 0.6 is 23.2 Å². The number of halogens is 3. The van der Waals surface area contributed by atoms with Crippen molar-refractivity contribution >= 4 is 23.2 Å². The quantitative estimate of drug-likeness (QED) is 0.777. The van der Waals surface area contributed by atoms with Gasteiger partial charge < -0.3 is 0 Å². The molecule has 6 heteroatoms. The lowest BCUT2D eigenvalue weighted by molar-refractivity contribution is 0.619. The summed E-state index contributed by atoms with van der Waals surface area (Å²) in [7, 11) is 0. The zero-order valence-corrected chi connectivity index (χ0v) is 9.50. The van der Waals surface area contributed by atoms with E-state index in [9.17, 15) is 4.39 Å². The molecular weight excluding hydrogens is 252 g/mol. The molecule has 2 aromatic heterocycles. The van der Waals surface area contributed by atoms with E-state index in [1.54, 1.807) is 0 Å². The van der Waals surface area contributed by atoms with Crippen LogP contribution in [0.1, 0.15) is 11.4 Å². The van der Waals surface area contributed by atoms with Gasteiger partial charge in [-0.15, -0.1) is 0 Å². The Balaban J connectivity index is 2.26. The van der Waals surface area contributed by atoms with Crippen molar-refractivity contribution in [3.8, 4) is 0 Å². The molecule has 0 bridgehead atoms. The first-order valence-corrected chi connectivity index (χ1v) is 5.17. The fraction of sp³-hybridized carbons (Fsp3) is 0.100. The van der Waals surface area contributed by atoms with Crippen LogP contribution in [-0.4, -0.2) is 15.0 Å². The van der Waals surface area contributed by atoms with E-state index in [4.69, 9.17) is 23.2 Å². The minimum atomic E-state index is -0.437. The summed E-state index contributed by atoms with van der Waals surface area (Å²) in [5.74, 6) is 0.0760. The number of hydrogen-bond acceptors (Lipinski definition) is 3. The number of aromatic nitrogens is 3. The highest BCUT2D eigenvalue weighted by molar-refractivity contribution is 6.30. The molecule has 0 saturated heterocycles. The number of hydrogen-bond donors (Lipinski definition) is 0. The van der Waals surface area contributed by atoms with Gasteiger partial charge in [-0.05, 0) is 11.6 Å². The Morgan fingerprint density at radius 3 is 2.44 bits per heavy atom. The molecule has 2 rings (SSSR count). The van der Waals surface area contributed by atoms with Crippen LogP contribution in [-0.2, 0) is 6.42 Å². The Kier molecular flexibility index (Phi) is 3.31. The lowest BCUT2D eigenvalue weighted by Crippen LogP contribution is -1.98. The third-order valence-corrected chi connectivity index (χ3v) is 2.44. The maximum atomic E-state index is 12.9. The summed E-state index contributed by atoms with van der Waals surface area (Å²) in [4.78, 5) is 11.7. The fourth-order valence-electron chi connectivity index (χ4n) is 1.19. The van der Waals surface area contributed by atoms with Crippen LogP contribution in [0.15, 0.2) is 24.7 Å². The van der Waals surface area contributed by atoms with Crippen LogP contribution < -0.4 is 0 Å². The average Bonchev–Trinajstić information content (AvgIpc) is 2.27. The second kappa shape index (κ2) is 4.72. The highest BCUT2D eigenvalue weighted by Gasteiger charge is 2.06. The molecule has 0 aliphatic carbocycles. The molecule has 0 amide bonds. The van der Waals surface area contributed by atoms with E-state index >= 15 is 0 Å². The van der Waals surface area contributed by atoms with Crippen molar-refractivity contribution in [2.24, 2.45) is 0 Å². The normalized spacial score (nSPS) is 10.4. The highest BCUT2D eigenvalue weighted by atomic mass is 35.5. The molecule has 16 heavy (non-hydrogen) atoms. The molecule has 0 fully saturated rings. The summed E-state index contributed by atoms with van der Waals surface area (Å²) in [5.41, 5.74) is 0.545. The summed E-state index contributed by atoms with van der Waals surface area (Å²) in [5, 5.41) is 0.701. The Morgan fingerprint density at radius 1 is 1.06 bits per heavy atom. The van der Waals surface area contributed by atoms with Gasteiger partial charge in [0.2, 0.25) is 0 Å². The topological polar surface area (TPSA) is 38.7 Å². The highest BCUT2D eigenvalue weighted by Crippen LogP contribution is 2.16. The summed E-state index contributed by atoms with van der Waals surface area (Å²) < 4.78 is 12.9. The van der Waals surface area contributed by atoms with Gasteiger partial charge in [0.25, 0.3) is 0 Å². The predicted molar refractivity (Wildman–Crippen MR) is 59.1 cm³/mol. The summed E-state index contributed by atoms with van der Waals surface area (Å²) >= 11 is 11.5. The first-order valence-electron chi connectivity index (χ1n) is 4.41. The van der Waals surface area contributed by atoms with Crippen molar-refractivity contribution in [3.63, 3.8) is 0 Å². The van der Waals surface area contributed by atoms with E-state index in [1.165, 1.54) is 18.5 Å². The van der Waals surface area contributed by atoms with Crippen molar-refractivity contribution in [2.45, 2.75) is 6.42 Å². The third-order valence-electron chi connectivity index (χ3n) is 1.90. The first kappa shape index (κ1) is 11.2. The van der Waals surface area contributed by atoms with E-state index in [1.807, 2.05) is 0 Å². The van der Waals surface area contributed by atoms with Gasteiger partial charge in [-0.2, -0.15) is 0 Å². The molecule has 0 N–H and O–H groups in total. The molecule has 0 aliphatic heterocycles. The average molecular weight is 258 g/mol. The smallest absolute Gasteiger partial charge is 0.141 e. The van der Waals surface area contributed by atoms with Gasteiger partial charge in [-0.25, -0.2) is 19.3 Å². The van der Waals surface area contributed by atoms with E-state index in [-0.39, 0.29) is 5.15 Å². The monoisotopic (exact) mass is 257 g/mol. The van der Waals surface area contributed by atoms with E-state index in [2.05, 4.69) is 15.0 Å². The molecule has 3 nitrogen and oxygen atoms in total. The lowest BCUT2D eigenvalue weighted by Gasteiger charge is -2.02. The molecule has 0 unspecified atom stereocenters. The largest absolute Gasteiger partial charge is 0.241 e. The fourth-order valence-corrected chi connectivity index (χ4v) is 1.46. The van der Waals surface area contributed by atoms with Crippen LogP contribution in [0.3, 0.4) is 0 Å². The third kappa shape index (κ3) is 2.65.